The van der Waals surface area contributed by atoms with Crippen molar-refractivity contribution in [2.24, 2.45) is 0 Å². The molecule has 0 amide bonds. The molecule has 4 nitrogen and oxygen atoms in total. The predicted octanol–water partition coefficient (Wildman–Crippen LogP) is 3.30. The fourth-order valence-corrected chi connectivity index (χ4v) is 4.99. The van der Waals surface area contributed by atoms with Crippen molar-refractivity contribution in [3.05, 3.63) is 47.4 Å². The largest absolute Gasteiger partial charge is 0.325 e. The normalized spacial score (nSPS) is 24.2. The summed E-state index contributed by atoms with van der Waals surface area (Å²) < 4.78 is 0. The number of anilines is 2. The van der Waals surface area contributed by atoms with Crippen molar-refractivity contribution in [2.45, 2.75) is 43.9 Å². The van der Waals surface area contributed by atoms with Gasteiger partial charge in [0.15, 0.2) is 0 Å². The monoisotopic (exact) mass is 320 g/mol. The second-order valence-electron chi connectivity index (χ2n) is 7.63. The third kappa shape index (κ3) is 1.95. The zero-order valence-electron chi connectivity index (χ0n) is 14.3. The molecular weight excluding hydrogens is 296 g/mol. The number of fused-ring (bicyclic) bond motifs is 3. The maximum Gasteiger partial charge on any atom is 0.140 e. The van der Waals surface area contributed by atoms with Crippen molar-refractivity contribution in [2.75, 3.05) is 24.5 Å². The molecule has 1 aliphatic carbocycles. The van der Waals surface area contributed by atoms with E-state index in [0.717, 1.165) is 31.9 Å². The Balaban J connectivity index is 1.65. The maximum atomic E-state index is 4.76. The Kier molecular flexibility index (Phi) is 3.17. The minimum atomic E-state index is 0.279. The number of rotatable bonds is 1. The van der Waals surface area contributed by atoms with Gasteiger partial charge in [-0.3, -0.25) is 0 Å². The van der Waals surface area contributed by atoms with Crippen LogP contribution in [0, 0.1) is 0 Å². The summed E-state index contributed by atoms with van der Waals surface area (Å²) >= 11 is 0. The minimum Gasteiger partial charge on any atom is -0.325 e. The highest BCUT2D eigenvalue weighted by Gasteiger charge is 2.44. The SMILES string of the molecule is C[C@@H]1CCc2ncnc(N3CC4(CCNCC4)c4ccccc43)c21. The van der Waals surface area contributed by atoms with Crippen LogP contribution in [0.5, 0.6) is 0 Å². The van der Waals surface area contributed by atoms with Gasteiger partial charge in [-0.25, -0.2) is 9.97 Å². The van der Waals surface area contributed by atoms with E-state index in [1.807, 2.05) is 0 Å². The average Bonchev–Trinajstić information content (AvgIpc) is 3.16. The summed E-state index contributed by atoms with van der Waals surface area (Å²) in [6.45, 7) is 5.60. The van der Waals surface area contributed by atoms with Gasteiger partial charge in [0.05, 0.1) is 0 Å². The van der Waals surface area contributed by atoms with E-state index in [4.69, 9.17) is 4.98 Å². The molecule has 3 heterocycles. The number of hydrogen-bond donors (Lipinski definition) is 1. The zero-order valence-corrected chi connectivity index (χ0v) is 14.3. The molecule has 1 spiro atoms. The summed E-state index contributed by atoms with van der Waals surface area (Å²) in [4.78, 5) is 11.8. The Hall–Kier alpha value is -1.94. The number of aryl methyl sites for hydroxylation is 1. The van der Waals surface area contributed by atoms with Gasteiger partial charge >= 0.3 is 0 Å². The molecule has 124 valence electrons. The third-order valence-electron chi connectivity index (χ3n) is 6.30. The van der Waals surface area contributed by atoms with Crippen LogP contribution < -0.4 is 10.2 Å². The number of aromatic nitrogens is 2. The molecule has 1 aromatic carbocycles. The van der Waals surface area contributed by atoms with E-state index >= 15 is 0 Å². The first-order valence-corrected chi connectivity index (χ1v) is 9.20. The van der Waals surface area contributed by atoms with E-state index in [1.165, 1.54) is 41.8 Å². The molecule has 5 rings (SSSR count). The summed E-state index contributed by atoms with van der Waals surface area (Å²) in [7, 11) is 0. The number of nitrogens with one attached hydrogen (secondary N) is 1. The van der Waals surface area contributed by atoms with Crippen LogP contribution in [0.1, 0.15) is 48.9 Å². The second kappa shape index (κ2) is 5.28. The molecule has 3 aliphatic rings. The van der Waals surface area contributed by atoms with Crippen molar-refractivity contribution in [3.63, 3.8) is 0 Å². The van der Waals surface area contributed by atoms with Crippen LogP contribution in [0.2, 0.25) is 0 Å². The van der Waals surface area contributed by atoms with Crippen LogP contribution in [0.3, 0.4) is 0 Å². The quantitative estimate of drug-likeness (QED) is 0.875. The highest BCUT2D eigenvalue weighted by molar-refractivity contribution is 5.73. The van der Waals surface area contributed by atoms with Crippen LogP contribution >= 0.6 is 0 Å². The molecule has 0 unspecified atom stereocenters. The summed E-state index contributed by atoms with van der Waals surface area (Å²) in [6, 6.07) is 8.97. The number of benzene rings is 1. The lowest BCUT2D eigenvalue weighted by Gasteiger charge is -2.35. The number of nitrogens with zero attached hydrogens (tertiary/aromatic N) is 3. The van der Waals surface area contributed by atoms with E-state index < -0.39 is 0 Å². The molecule has 4 heteroatoms. The van der Waals surface area contributed by atoms with Crippen LogP contribution in [0.25, 0.3) is 0 Å². The lowest BCUT2D eigenvalue weighted by molar-refractivity contribution is 0.329. The van der Waals surface area contributed by atoms with Crippen molar-refractivity contribution >= 4 is 11.5 Å². The summed E-state index contributed by atoms with van der Waals surface area (Å²) in [5, 5.41) is 3.53. The Morgan fingerprint density at radius 3 is 2.88 bits per heavy atom. The fraction of sp³-hybridized carbons (Fsp3) is 0.500. The Morgan fingerprint density at radius 1 is 1.17 bits per heavy atom. The van der Waals surface area contributed by atoms with E-state index in [1.54, 1.807) is 6.33 Å². The van der Waals surface area contributed by atoms with Crippen molar-refractivity contribution < 1.29 is 0 Å². The second-order valence-corrected chi connectivity index (χ2v) is 7.63. The van der Waals surface area contributed by atoms with Gasteiger partial charge in [-0.15, -0.1) is 0 Å². The first-order valence-electron chi connectivity index (χ1n) is 9.20. The van der Waals surface area contributed by atoms with Crippen LogP contribution in [0.15, 0.2) is 30.6 Å². The van der Waals surface area contributed by atoms with E-state index in [-0.39, 0.29) is 5.41 Å². The number of piperidine rings is 1. The Morgan fingerprint density at radius 2 is 2.00 bits per heavy atom. The van der Waals surface area contributed by atoms with Crippen LogP contribution in [-0.4, -0.2) is 29.6 Å². The fourth-order valence-electron chi connectivity index (χ4n) is 4.99. The zero-order chi connectivity index (χ0) is 16.1. The van der Waals surface area contributed by atoms with Gasteiger partial charge in [0.25, 0.3) is 0 Å². The molecule has 0 bridgehead atoms. The van der Waals surface area contributed by atoms with Gasteiger partial charge in [0, 0.05) is 28.9 Å². The van der Waals surface area contributed by atoms with Gasteiger partial charge in [0.2, 0.25) is 0 Å². The highest BCUT2D eigenvalue weighted by atomic mass is 15.2. The third-order valence-corrected chi connectivity index (χ3v) is 6.30. The van der Waals surface area contributed by atoms with Crippen molar-refractivity contribution in [1.29, 1.82) is 0 Å². The summed E-state index contributed by atoms with van der Waals surface area (Å²) in [5.41, 5.74) is 5.81. The smallest absolute Gasteiger partial charge is 0.140 e. The standard InChI is InChI=1S/C20H24N4/c1-14-6-7-16-18(14)19(23-13-22-16)24-12-20(8-10-21-11-9-20)15-4-2-3-5-17(15)24/h2-5,13-14,21H,6-12H2,1H3/t14-/m1/s1. The lowest BCUT2D eigenvalue weighted by atomic mass is 9.75. The van der Waals surface area contributed by atoms with Gasteiger partial charge < -0.3 is 10.2 Å². The molecule has 2 aliphatic heterocycles. The Bertz CT molecular complexity index is 779. The van der Waals surface area contributed by atoms with E-state index in [2.05, 4.69) is 46.4 Å². The summed E-state index contributed by atoms with van der Waals surface area (Å²) in [6.07, 6.45) is 6.48. The average molecular weight is 320 g/mol. The van der Waals surface area contributed by atoms with Gasteiger partial charge in [-0.05, 0) is 56.3 Å². The molecule has 24 heavy (non-hydrogen) atoms. The molecule has 1 saturated heterocycles. The molecule has 2 aromatic rings. The van der Waals surface area contributed by atoms with Gasteiger partial charge in [0.1, 0.15) is 12.1 Å². The molecule has 1 N–H and O–H groups in total. The van der Waals surface area contributed by atoms with E-state index in [9.17, 15) is 0 Å². The maximum absolute atomic E-state index is 4.76. The van der Waals surface area contributed by atoms with Gasteiger partial charge in [-0.1, -0.05) is 25.1 Å². The first kappa shape index (κ1) is 14.4. The van der Waals surface area contributed by atoms with Crippen molar-refractivity contribution in [1.82, 2.24) is 15.3 Å². The molecule has 1 atom stereocenters. The molecule has 1 fully saturated rings. The number of para-hydroxylation sites is 1. The predicted molar refractivity (Wildman–Crippen MR) is 96.0 cm³/mol. The Labute approximate surface area is 143 Å². The lowest BCUT2D eigenvalue weighted by Crippen LogP contribution is -2.42. The number of hydrogen-bond acceptors (Lipinski definition) is 4. The molecular formula is C20H24N4. The van der Waals surface area contributed by atoms with Gasteiger partial charge in [-0.2, -0.15) is 0 Å². The molecule has 0 radical (unpaired) electrons. The summed E-state index contributed by atoms with van der Waals surface area (Å²) in [5.74, 6) is 1.72. The molecule has 1 aromatic heterocycles. The van der Waals surface area contributed by atoms with Crippen molar-refractivity contribution in [3.8, 4) is 0 Å². The first-order chi connectivity index (χ1) is 11.8. The highest BCUT2D eigenvalue weighted by Crippen LogP contribution is 2.50. The minimum absolute atomic E-state index is 0.279. The van der Waals surface area contributed by atoms with E-state index in [0.29, 0.717) is 5.92 Å². The topological polar surface area (TPSA) is 41.1 Å². The van der Waals surface area contributed by atoms with Crippen LogP contribution in [-0.2, 0) is 11.8 Å². The van der Waals surface area contributed by atoms with Crippen LogP contribution in [0.4, 0.5) is 11.5 Å². The molecule has 0 saturated carbocycles.